The zero-order valence-corrected chi connectivity index (χ0v) is 12.6. The molecule has 0 saturated heterocycles. The lowest BCUT2D eigenvalue weighted by molar-refractivity contribution is -0.0847. The molecule has 108 valence electrons. The maximum absolute atomic E-state index is 6.01. The number of hydrogen-bond acceptors (Lipinski definition) is 4. The van der Waals surface area contributed by atoms with Crippen LogP contribution in [0.25, 0.3) is 0 Å². The first-order chi connectivity index (χ1) is 9.20. The average molecular weight is 287 g/mol. The van der Waals surface area contributed by atoms with Crippen LogP contribution in [-0.2, 0) is 16.8 Å². The molecule has 1 fully saturated rings. The minimum absolute atomic E-state index is 0.329. The lowest BCUT2D eigenvalue weighted by Gasteiger charge is -2.36. The lowest BCUT2D eigenvalue weighted by atomic mass is 9.79. The highest BCUT2D eigenvalue weighted by Gasteiger charge is 2.40. The van der Waals surface area contributed by atoms with Crippen molar-refractivity contribution in [3.05, 3.63) is 11.7 Å². The number of nitrogens with zero attached hydrogens (tertiary/aromatic N) is 2. The van der Waals surface area contributed by atoms with Crippen LogP contribution in [0.3, 0.4) is 0 Å². The van der Waals surface area contributed by atoms with E-state index in [9.17, 15) is 0 Å². The predicted octanol–water partition coefficient (Wildman–Crippen LogP) is 3.68. The van der Waals surface area contributed by atoms with E-state index in [1.54, 1.807) is 0 Å². The van der Waals surface area contributed by atoms with E-state index in [1.807, 2.05) is 6.92 Å². The fraction of sp³-hybridized carbons (Fsp3) is 0.857. The second kappa shape index (κ2) is 6.71. The molecule has 19 heavy (non-hydrogen) atoms. The Kier molecular flexibility index (Phi) is 5.22. The van der Waals surface area contributed by atoms with Crippen LogP contribution in [0.5, 0.6) is 0 Å². The van der Waals surface area contributed by atoms with E-state index in [1.165, 1.54) is 0 Å². The van der Waals surface area contributed by atoms with E-state index in [0.29, 0.717) is 18.4 Å². The molecule has 0 aromatic carbocycles. The van der Waals surface area contributed by atoms with Gasteiger partial charge in [0.25, 0.3) is 0 Å². The molecular weight excluding hydrogens is 264 g/mol. The molecule has 0 spiro atoms. The number of aryl methyl sites for hydroxylation is 1. The molecule has 0 amide bonds. The summed E-state index contributed by atoms with van der Waals surface area (Å²) in [7, 11) is 0. The fourth-order valence-corrected chi connectivity index (χ4v) is 2.83. The Morgan fingerprint density at radius 3 is 2.79 bits per heavy atom. The smallest absolute Gasteiger partial charge is 0.226 e. The van der Waals surface area contributed by atoms with Crippen molar-refractivity contribution in [2.24, 2.45) is 5.92 Å². The van der Waals surface area contributed by atoms with E-state index in [2.05, 4.69) is 17.1 Å². The molecule has 1 saturated carbocycles. The minimum atomic E-state index is -0.329. The predicted molar refractivity (Wildman–Crippen MR) is 74.3 cm³/mol. The minimum Gasteiger partial charge on any atom is -0.367 e. The van der Waals surface area contributed by atoms with Gasteiger partial charge in [-0.05, 0) is 44.9 Å². The third kappa shape index (κ3) is 3.48. The summed E-state index contributed by atoms with van der Waals surface area (Å²) in [6.07, 6.45) is 5.89. The number of aromatic nitrogens is 2. The fourth-order valence-electron chi connectivity index (χ4n) is 2.70. The highest BCUT2D eigenvalue weighted by atomic mass is 35.5. The molecule has 1 heterocycles. The second-order valence-corrected chi connectivity index (χ2v) is 5.79. The molecule has 1 aliphatic rings. The zero-order chi connectivity index (χ0) is 13.7. The molecule has 2 rings (SSSR count). The Bertz CT molecular complexity index is 387. The molecule has 0 bridgehead atoms. The number of ether oxygens (including phenoxy) is 1. The van der Waals surface area contributed by atoms with Crippen molar-refractivity contribution in [1.29, 1.82) is 0 Å². The molecular formula is C14H23ClN2O2. The monoisotopic (exact) mass is 286 g/mol. The normalized spacial score (nSPS) is 27.6. The van der Waals surface area contributed by atoms with Gasteiger partial charge in [-0.15, -0.1) is 11.6 Å². The van der Waals surface area contributed by atoms with Gasteiger partial charge < -0.3 is 9.26 Å². The van der Waals surface area contributed by atoms with Gasteiger partial charge in [0.05, 0.1) is 0 Å². The number of halogens is 1. The summed E-state index contributed by atoms with van der Waals surface area (Å²) in [6.45, 7) is 4.99. The summed E-state index contributed by atoms with van der Waals surface area (Å²) >= 11 is 5.69. The van der Waals surface area contributed by atoms with Crippen molar-refractivity contribution < 1.29 is 9.26 Å². The Balaban J connectivity index is 2.12. The topological polar surface area (TPSA) is 48.2 Å². The summed E-state index contributed by atoms with van der Waals surface area (Å²) in [6, 6.07) is 0. The molecule has 0 unspecified atom stereocenters. The van der Waals surface area contributed by atoms with Crippen LogP contribution in [0.15, 0.2) is 4.52 Å². The maximum Gasteiger partial charge on any atom is 0.226 e. The van der Waals surface area contributed by atoms with Crippen molar-refractivity contribution in [2.75, 3.05) is 12.5 Å². The van der Waals surface area contributed by atoms with Crippen LogP contribution in [0, 0.1) is 5.92 Å². The first kappa shape index (κ1) is 14.8. The van der Waals surface area contributed by atoms with Gasteiger partial charge in [0.2, 0.25) is 11.7 Å². The van der Waals surface area contributed by atoms with E-state index in [0.717, 1.165) is 50.3 Å². The number of hydrogen-bond donors (Lipinski definition) is 0. The van der Waals surface area contributed by atoms with Crippen LogP contribution in [0.1, 0.15) is 57.7 Å². The SMILES string of the molecule is CCOC1(c2noc(CCCCl)n2)CCC(C)CC1. The molecule has 0 aliphatic heterocycles. The molecule has 5 heteroatoms. The highest BCUT2D eigenvalue weighted by molar-refractivity contribution is 6.17. The largest absolute Gasteiger partial charge is 0.367 e. The molecule has 1 aliphatic carbocycles. The molecule has 0 radical (unpaired) electrons. The van der Waals surface area contributed by atoms with Crippen LogP contribution in [0.2, 0.25) is 0 Å². The van der Waals surface area contributed by atoms with Crippen molar-refractivity contribution in [2.45, 2.75) is 58.0 Å². The van der Waals surface area contributed by atoms with E-state index in [-0.39, 0.29) is 5.60 Å². The molecule has 0 atom stereocenters. The zero-order valence-electron chi connectivity index (χ0n) is 11.8. The Labute approximate surface area is 119 Å². The van der Waals surface area contributed by atoms with Gasteiger partial charge in [0, 0.05) is 18.9 Å². The second-order valence-electron chi connectivity index (χ2n) is 5.41. The summed E-state index contributed by atoms with van der Waals surface area (Å²) in [5, 5.41) is 4.15. The first-order valence-corrected chi connectivity index (χ1v) is 7.76. The van der Waals surface area contributed by atoms with Gasteiger partial charge in [-0.3, -0.25) is 0 Å². The van der Waals surface area contributed by atoms with Crippen LogP contribution in [-0.4, -0.2) is 22.6 Å². The van der Waals surface area contributed by atoms with Crippen LogP contribution >= 0.6 is 11.6 Å². The maximum atomic E-state index is 6.01. The van der Waals surface area contributed by atoms with Crippen LogP contribution < -0.4 is 0 Å². The molecule has 1 aromatic rings. The van der Waals surface area contributed by atoms with Gasteiger partial charge >= 0.3 is 0 Å². The Morgan fingerprint density at radius 2 is 2.16 bits per heavy atom. The van der Waals surface area contributed by atoms with Gasteiger partial charge in [-0.25, -0.2) is 0 Å². The first-order valence-electron chi connectivity index (χ1n) is 7.23. The average Bonchev–Trinajstić information content (AvgIpc) is 2.89. The Hall–Kier alpha value is -0.610. The van der Waals surface area contributed by atoms with Gasteiger partial charge in [-0.2, -0.15) is 4.98 Å². The molecule has 1 aromatic heterocycles. The highest BCUT2D eigenvalue weighted by Crippen LogP contribution is 2.41. The van der Waals surface area contributed by atoms with Gasteiger partial charge in [0.15, 0.2) is 0 Å². The standard InChI is InChI=1S/C14H23ClN2O2/c1-3-18-14(8-6-11(2)7-9-14)13-16-12(19-17-13)5-4-10-15/h11H,3-10H2,1-2H3. The van der Waals surface area contributed by atoms with E-state index >= 15 is 0 Å². The van der Waals surface area contributed by atoms with E-state index in [4.69, 9.17) is 20.9 Å². The van der Waals surface area contributed by atoms with Gasteiger partial charge in [0.1, 0.15) is 5.60 Å². The van der Waals surface area contributed by atoms with E-state index < -0.39 is 0 Å². The summed E-state index contributed by atoms with van der Waals surface area (Å²) in [5.41, 5.74) is -0.329. The number of alkyl halides is 1. The summed E-state index contributed by atoms with van der Waals surface area (Å²) < 4.78 is 11.3. The van der Waals surface area contributed by atoms with Crippen molar-refractivity contribution >= 4 is 11.6 Å². The van der Waals surface area contributed by atoms with Crippen molar-refractivity contribution in [1.82, 2.24) is 10.1 Å². The lowest BCUT2D eigenvalue weighted by Crippen LogP contribution is -2.35. The number of rotatable bonds is 6. The third-order valence-electron chi connectivity index (χ3n) is 3.90. The van der Waals surface area contributed by atoms with Crippen LogP contribution in [0.4, 0.5) is 0 Å². The Morgan fingerprint density at radius 1 is 1.42 bits per heavy atom. The molecule has 4 nitrogen and oxygen atoms in total. The van der Waals surface area contributed by atoms with Gasteiger partial charge in [-0.1, -0.05) is 12.1 Å². The van der Waals surface area contributed by atoms with Crippen molar-refractivity contribution in [3.63, 3.8) is 0 Å². The molecule has 0 N–H and O–H groups in total. The quantitative estimate of drug-likeness (QED) is 0.749. The summed E-state index contributed by atoms with van der Waals surface area (Å²) in [4.78, 5) is 4.53. The summed E-state index contributed by atoms with van der Waals surface area (Å²) in [5.74, 6) is 2.78. The van der Waals surface area contributed by atoms with Crippen molar-refractivity contribution in [3.8, 4) is 0 Å². The third-order valence-corrected chi connectivity index (χ3v) is 4.17.